The van der Waals surface area contributed by atoms with E-state index in [1.165, 1.54) is 13.1 Å². The van der Waals surface area contributed by atoms with Crippen molar-refractivity contribution in [2.24, 2.45) is 0 Å². The molecule has 0 aliphatic rings. The molecule has 3 N–H and O–H groups in total. The highest BCUT2D eigenvalue weighted by Crippen LogP contribution is 2.35. The standard InChI is InChI=1S/C22H15F3N6O/c1-13(32)29-21-18(7-6-16-4-2-3-9-27-16)31-12-14(5-8-19(31)30-21)15-10-17(22(23,24)25)20(26)28-11-15/h2-5,8-12H,1H3,(H2,26,28)(H,29,32). The molecule has 0 saturated heterocycles. The largest absolute Gasteiger partial charge is 0.419 e. The molecule has 4 aromatic rings. The molecule has 0 aliphatic heterocycles. The lowest BCUT2D eigenvalue weighted by Crippen LogP contribution is -2.10. The van der Waals surface area contributed by atoms with Gasteiger partial charge in [0.25, 0.3) is 0 Å². The fraction of sp³-hybridized carbons (Fsp3) is 0.0909. The lowest BCUT2D eigenvalue weighted by molar-refractivity contribution is -0.137. The van der Waals surface area contributed by atoms with Crippen LogP contribution in [0.1, 0.15) is 23.9 Å². The average Bonchev–Trinajstić information content (AvgIpc) is 3.08. The van der Waals surface area contributed by atoms with E-state index >= 15 is 0 Å². The van der Waals surface area contributed by atoms with E-state index in [4.69, 9.17) is 5.73 Å². The van der Waals surface area contributed by atoms with Crippen LogP contribution in [-0.2, 0) is 11.0 Å². The summed E-state index contributed by atoms with van der Waals surface area (Å²) in [7, 11) is 0. The molecule has 7 nitrogen and oxygen atoms in total. The number of anilines is 2. The summed E-state index contributed by atoms with van der Waals surface area (Å²) in [5, 5.41) is 2.62. The number of nitrogens with two attached hydrogens (primary N) is 1. The summed E-state index contributed by atoms with van der Waals surface area (Å²) < 4.78 is 41.3. The van der Waals surface area contributed by atoms with Crippen molar-refractivity contribution in [1.82, 2.24) is 19.4 Å². The molecular formula is C22H15F3N6O. The fourth-order valence-electron chi connectivity index (χ4n) is 3.01. The summed E-state index contributed by atoms with van der Waals surface area (Å²) in [5.41, 5.74) is 6.33. The summed E-state index contributed by atoms with van der Waals surface area (Å²) in [6.07, 6.45) is -0.206. The number of carbonyl (C=O) groups excluding carboxylic acids is 1. The number of imidazole rings is 1. The van der Waals surface area contributed by atoms with Crippen molar-refractivity contribution in [3.05, 3.63) is 71.9 Å². The highest BCUT2D eigenvalue weighted by atomic mass is 19.4. The van der Waals surface area contributed by atoms with Gasteiger partial charge in [0, 0.05) is 36.6 Å². The number of rotatable bonds is 2. The van der Waals surface area contributed by atoms with E-state index in [-0.39, 0.29) is 17.3 Å². The number of aromatic nitrogens is 4. The zero-order valence-electron chi connectivity index (χ0n) is 16.6. The Morgan fingerprint density at radius 1 is 1.12 bits per heavy atom. The van der Waals surface area contributed by atoms with E-state index in [0.29, 0.717) is 22.6 Å². The van der Waals surface area contributed by atoms with Crippen molar-refractivity contribution in [2.45, 2.75) is 13.1 Å². The number of carbonyl (C=O) groups is 1. The normalized spacial score (nSPS) is 11.1. The minimum atomic E-state index is -4.63. The van der Waals surface area contributed by atoms with Gasteiger partial charge in [-0.25, -0.2) is 15.0 Å². The predicted octanol–water partition coefficient (Wildman–Crippen LogP) is 3.75. The smallest absolute Gasteiger partial charge is 0.383 e. The Morgan fingerprint density at radius 3 is 2.62 bits per heavy atom. The molecule has 160 valence electrons. The molecule has 4 aromatic heterocycles. The van der Waals surface area contributed by atoms with E-state index in [9.17, 15) is 18.0 Å². The molecule has 0 atom stereocenters. The molecule has 4 heterocycles. The van der Waals surface area contributed by atoms with Gasteiger partial charge in [0.1, 0.15) is 22.9 Å². The molecule has 1 amide bonds. The molecular weight excluding hydrogens is 421 g/mol. The number of nitrogen functional groups attached to an aromatic ring is 1. The zero-order valence-corrected chi connectivity index (χ0v) is 16.6. The Balaban J connectivity index is 1.87. The second-order valence-electron chi connectivity index (χ2n) is 6.76. The predicted molar refractivity (Wildman–Crippen MR) is 112 cm³/mol. The molecule has 0 spiro atoms. The molecule has 0 radical (unpaired) electrons. The Morgan fingerprint density at radius 2 is 1.94 bits per heavy atom. The maximum atomic E-state index is 13.2. The lowest BCUT2D eigenvalue weighted by Gasteiger charge is -2.11. The van der Waals surface area contributed by atoms with Crippen LogP contribution in [0.3, 0.4) is 0 Å². The topological polar surface area (TPSA) is 98.2 Å². The Bertz CT molecular complexity index is 1380. The number of halogens is 3. The van der Waals surface area contributed by atoms with Crippen LogP contribution in [0.4, 0.5) is 24.8 Å². The van der Waals surface area contributed by atoms with E-state index in [2.05, 4.69) is 32.1 Å². The monoisotopic (exact) mass is 436 g/mol. The van der Waals surface area contributed by atoms with Crippen LogP contribution in [-0.4, -0.2) is 25.3 Å². The van der Waals surface area contributed by atoms with Crippen molar-refractivity contribution in [1.29, 1.82) is 0 Å². The Hall–Kier alpha value is -4.39. The van der Waals surface area contributed by atoms with Crippen LogP contribution < -0.4 is 11.1 Å². The van der Waals surface area contributed by atoms with Gasteiger partial charge in [0.05, 0.1) is 5.56 Å². The number of pyridine rings is 3. The van der Waals surface area contributed by atoms with Gasteiger partial charge in [-0.2, -0.15) is 13.2 Å². The highest BCUT2D eigenvalue weighted by Gasteiger charge is 2.34. The number of amides is 1. The zero-order chi connectivity index (χ0) is 22.9. The van der Waals surface area contributed by atoms with Crippen LogP contribution in [0.25, 0.3) is 16.8 Å². The van der Waals surface area contributed by atoms with Crippen molar-refractivity contribution in [3.8, 4) is 23.0 Å². The molecule has 0 fully saturated rings. The maximum absolute atomic E-state index is 13.2. The molecule has 4 rings (SSSR count). The second kappa shape index (κ2) is 8.03. The molecule has 0 aliphatic carbocycles. The van der Waals surface area contributed by atoms with Gasteiger partial charge >= 0.3 is 6.18 Å². The minimum absolute atomic E-state index is 0.215. The third kappa shape index (κ3) is 4.22. The Kier molecular flexibility index (Phi) is 5.24. The summed E-state index contributed by atoms with van der Waals surface area (Å²) in [6, 6.07) is 9.40. The number of hydrogen-bond acceptors (Lipinski definition) is 5. The van der Waals surface area contributed by atoms with Gasteiger partial charge in [-0.3, -0.25) is 9.20 Å². The Labute approximate surface area is 180 Å². The third-order valence-corrected chi connectivity index (χ3v) is 4.44. The molecule has 0 bridgehead atoms. The maximum Gasteiger partial charge on any atom is 0.419 e. The van der Waals surface area contributed by atoms with Gasteiger partial charge in [-0.15, -0.1) is 0 Å². The van der Waals surface area contributed by atoms with Crippen LogP contribution in [0.5, 0.6) is 0 Å². The quantitative estimate of drug-likeness (QED) is 0.467. The summed E-state index contributed by atoms with van der Waals surface area (Å²) >= 11 is 0. The molecule has 0 saturated carbocycles. The van der Waals surface area contributed by atoms with Crippen LogP contribution >= 0.6 is 0 Å². The molecule has 0 aromatic carbocycles. The van der Waals surface area contributed by atoms with Crippen LogP contribution in [0.2, 0.25) is 0 Å². The van der Waals surface area contributed by atoms with E-state index < -0.39 is 17.6 Å². The number of hydrogen-bond donors (Lipinski definition) is 2. The average molecular weight is 436 g/mol. The fourth-order valence-corrected chi connectivity index (χ4v) is 3.01. The summed E-state index contributed by atoms with van der Waals surface area (Å²) in [6.45, 7) is 1.34. The van der Waals surface area contributed by atoms with Gasteiger partial charge in [0.15, 0.2) is 5.82 Å². The number of nitrogens with one attached hydrogen (secondary N) is 1. The van der Waals surface area contributed by atoms with Crippen LogP contribution in [0.15, 0.2) is 55.0 Å². The van der Waals surface area contributed by atoms with Crippen molar-refractivity contribution < 1.29 is 18.0 Å². The number of fused-ring (bicyclic) bond motifs is 1. The SMILES string of the molecule is CC(=O)Nc1nc2ccc(-c3cnc(N)c(C(F)(F)F)c3)cn2c1C#Cc1ccccn1. The van der Waals surface area contributed by atoms with Gasteiger partial charge in [0.2, 0.25) is 5.91 Å². The molecule has 0 unspecified atom stereocenters. The highest BCUT2D eigenvalue weighted by molar-refractivity contribution is 5.89. The number of alkyl halides is 3. The van der Waals surface area contributed by atoms with E-state index in [1.54, 1.807) is 47.1 Å². The number of nitrogens with zero attached hydrogens (tertiary/aromatic N) is 4. The first-order valence-corrected chi connectivity index (χ1v) is 9.28. The van der Waals surface area contributed by atoms with E-state index in [0.717, 1.165) is 6.07 Å². The molecule has 10 heteroatoms. The van der Waals surface area contributed by atoms with Crippen molar-refractivity contribution in [2.75, 3.05) is 11.1 Å². The van der Waals surface area contributed by atoms with Crippen LogP contribution in [0, 0.1) is 11.8 Å². The van der Waals surface area contributed by atoms with Crippen molar-refractivity contribution in [3.63, 3.8) is 0 Å². The molecule has 32 heavy (non-hydrogen) atoms. The van der Waals surface area contributed by atoms with Crippen molar-refractivity contribution >= 4 is 23.2 Å². The summed E-state index contributed by atoms with van der Waals surface area (Å²) in [4.78, 5) is 23.8. The first-order chi connectivity index (χ1) is 15.2. The third-order valence-electron chi connectivity index (χ3n) is 4.44. The lowest BCUT2D eigenvalue weighted by atomic mass is 10.1. The second-order valence-corrected chi connectivity index (χ2v) is 6.76. The van der Waals surface area contributed by atoms with E-state index in [1.807, 2.05) is 0 Å². The van der Waals surface area contributed by atoms with Gasteiger partial charge < -0.3 is 11.1 Å². The first kappa shape index (κ1) is 20.9. The van der Waals surface area contributed by atoms with Gasteiger partial charge in [-0.05, 0) is 42.2 Å². The minimum Gasteiger partial charge on any atom is -0.383 e. The summed E-state index contributed by atoms with van der Waals surface area (Å²) in [5.74, 6) is 5.12. The van der Waals surface area contributed by atoms with Gasteiger partial charge in [-0.1, -0.05) is 6.07 Å². The first-order valence-electron chi connectivity index (χ1n) is 9.28.